The molecule has 1 amide bonds. The van der Waals surface area contributed by atoms with Gasteiger partial charge in [-0.15, -0.1) is 0 Å². The van der Waals surface area contributed by atoms with Gasteiger partial charge in [0.1, 0.15) is 5.75 Å². The fourth-order valence-electron chi connectivity index (χ4n) is 2.82. The molecule has 2 aromatic carbocycles. The molecule has 1 aromatic heterocycles. The molecule has 0 aliphatic carbocycles. The molecule has 24 heavy (non-hydrogen) atoms. The van der Waals surface area contributed by atoms with Crippen molar-refractivity contribution in [3.63, 3.8) is 0 Å². The van der Waals surface area contributed by atoms with Gasteiger partial charge in [-0.2, -0.15) is 0 Å². The number of para-hydroxylation sites is 1. The minimum Gasteiger partial charge on any atom is -0.495 e. The van der Waals surface area contributed by atoms with Crippen molar-refractivity contribution in [2.45, 2.75) is 6.92 Å². The number of hydrogen-bond acceptors (Lipinski definition) is 3. The number of rotatable bonds is 4. The van der Waals surface area contributed by atoms with Gasteiger partial charge >= 0.3 is 0 Å². The standard InChI is InChI=1S/C19H21N3O2/c1-12-17(15-6-5-7-16(24-4)18(15)20-12)19(23)21-13-8-10-14(11-9-13)22(2)3/h5-11,20H,1-4H3,(H,21,23). The van der Waals surface area contributed by atoms with Crippen LogP contribution in [0, 0.1) is 6.92 Å². The van der Waals surface area contributed by atoms with Crippen LogP contribution in [0.1, 0.15) is 16.1 Å². The van der Waals surface area contributed by atoms with Crippen molar-refractivity contribution in [2.75, 3.05) is 31.4 Å². The largest absolute Gasteiger partial charge is 0.495 e. The number of carbonyl (C=O) groups is 1. The van der Waals surface area contributed by atoms with Crippen molar-refractivity contribution < 1.29 is 9.53 Å². The molecule has 1 heterocycles. The van der Waals surface area contributed by atoms with Gasteiger partial charge in [-0.05, 0) is 37.3 Å². The first kappa shape index (κ1) is 15.9. The van der Waals surface area contributed by atoms with Crippen molar-refractivity contribution in [1.82, 2.24) is 4.98 Å². The van der Waals surface area contributed by atoms with E-state index in [9.17, 15) is 4.79 Å². The SMILES string of the molecule is COc1cccc2c(C(=O)Nc3ccc(N(C)C)cc3)c(C)[nH]c12. The average molecular weight is 323 g/mol. The van der Waals surface area contributed by atoms with Crippen LogP contribution < -0.4 is 15.0 Å². The lowest BCUT2D eigenvalue weighted by molar-refractivity contribution is 0.102. The number of anilines is 2. The molecule has 2 N–H and O–H groups in total. The van der Waals surface area contributed by atoms with E-state index in [0.29, 0.717) is 5.56 Å². The van der Waals surface area contributed by atoms with E-state index in [2.05, 4.69) is 10.3 Å². The number of nitrogens with one attached hydrogen (secondary N) is 2. The minimum absolute atomic E-state index is 0.135. The summed E-state index contributed by atoms with van der Waals surface area (Å²) in [5.74, 6) is 0.592. The smallest absolute Gasteiger partial charge is 0.258 e. The fraction of sp³-hybridized carbons (Fsp3) is 0.211. The Labute approximate surface area is 141 Å². The molecule has 0 saturated heterocycles. The van der Waals surface area contributed by atoms with E-state index in [0.717, 1.165) is 33.7 Å². The molecule has 0 saturated carbocycles. The van der Waals surface area contributed by atoms with Gasteiger partial charge in [0.2, 0.25) is 0 Å². The number of methoxy groups -OCH3 is 1. The fourth-order valence-corrected chi connectivity index (χ4v) is 2.82. The molecule has 0 fully saturated rings. The zero-order chi connectivity index (χ0) is 17.3. The number of aromatic nitrogens is 1. The second kappa shape index (κ2) is 6.28. The van der Waals surface area contributed by atoms with E-state index in [4.69, 9.17) is 4.74 Å². The highest BCUT2D eigenvalue weighted by atomic mass is 16.5. The molecule has 0 spiro atoms. The van der Waals surface area contributed by atoms with Gasteiger partial charge in [-0.3, -0.25) is 4.79 Å². The summed E-state index contributed by atoms with van der Waals surface area (Å²) >= 11 is 0. The number of amides is 1. The first-order valence-electron chi connectivity index (χ1n) is 7.75. The van der Waals surface area contributed by atoms with Crippen LogP contribution in [0.2, 0.25) is 0 Å². The Bertz CT molecular complexity index is 880. The van der Waals surface area contributed by atoms with Crippen LogP contribution in [0.15, 0.2) is 42.5 Å². The molecule has 0 aliphatic heterocycles. The molecule has 0 aliphatic rings. The number of H-pyrrole nitrogens is 1. The summed E-state index contributed by atoms with van der Waals surface area (Å²) in [5, 5.41) is 3.82. The van der Waals surface area contributed by atoms with Gasteiger partial charge < -0.3 is 19.9 Å². The van der Waals surface area contributed by atoms with Gasteiger partial charge in [-0.1, -0.05) is 12.1 Å². The maximum Gasteiger partial charge on any atom is 0.258 e. The van der Waals surface area contributed by atoms with Gasteiger partial charge in [0.25, 0.3) is 5.91 Å². The Kier molecular flexibility index (Phi) is 4.16. The van der Waals surface area contributed by atoms with E-state index in [1.165, 1.54) is 0 Å². The molecular weight excluding hydrogens is 302 g/mol. The van der Waals surface area contributed by atoms with E-state index in [1.54, 1.807) is 7.11 Å². The van der Waals surface area contributed by atoms with Crippen LogP contribution in [-0.2, 0) is 0 Å². The summed E-state index contributed by atoms with van der Waals surface area (Å²) < 4.78 is 5.36. The number of aromatic amines is 1. The van der Waals surface area contributed by atoms with Crippen LogP contribution in [0.4, 0.5) is 11.4 Å². The highest BCUT2D eigenvalue weighted by Gasteiger charge is 2.18. The van der Waals surface area contributed by atoms with E-state index < -0.39 is 0 Å². The van der Waals surface area contributed by atoms with Crippen LogP contribution in [0.5, 0.6) is 5.75 Å². The molecule has 0 unspecified atom stereocenters. The van der Waals surface area contributed by atoms with Crippen LogP contribution in [0.25, 0.3) is 10.9 Å². The van der Waals surface area contributed by atoms with Crippen molar-refractivity contribution in [3.05, 3.63) is 53.7 Å². The summed E-state index contributed by atoms with van der Waals surface area (Å²) in [6.07, 6.45) is 0. The number of carbonyl (C=O) groups excluding carboxylic acids is 1. The highest BCUT2D eigenvalue weighted by Crippen LogP contribution is 2.30. The molecule has 5 heteroatoms. The first-order chi connectivity index (χ1) is 11.5. The van der Waals surface area contributed by atoms with Crippen molar-refractivity contribution >= 4 is 28.2 Å². The Morgan fingerprint density at radius 3 is 2.46 bits per heavy atom. The van der Waals surface area contributed by atoms with E-state index >= 15 is 0 Å². The molecule has 0 atom stereocenters. The lowest BCUT2D eigenvalue weighted by atomic mass is 10.1. The third-order valence-electron chi connectivity index (χ3n) is 4.07. The Balaban J connectivity index is 1.93. The maximum atomic E-state index is 12.7. The van der Waals surface area contributed by atoms with Crippen LogP contribution >= 0.6 is 0 Å². The van der Waals surface area contributed by atoms with Crippen molar-refractivity contribution in [2.24, 2.45) is 0 Å². The monoisotopic (exact) mass is 323 g/mol. The molecular formula is C19H21N3O2. The van der Waals surface area contributed by atoms with Gasteiger partial charge in [-0.25, -0.2) is 0 Å². The summed E-state index contributed by atoms with van der Waals surface area (Å²) in [6.45, 7) is 1.89. The Hall–Kier alpha value is -2.95. The molecule has 3 aromatic rings. The summed E-state index contributed by atoms with van der Waals surface area (Å²) in [6, 6.07) is 13.4. The molecule has 124 valence electrons. The number of nitrogens with zero attached hydrogens (tertiary/aromatic N) is 1. The van der Waals surface area contributed by atoms with Crippen LogP contribution in [-0.4, -0.2) is 32.1 Å². The molecule has 0 bridgehead atoms. The van der Waals surface area contributed by atoms with Crippen LogP contribution in [0.3, 0.4) is 0 Å². The first-order valence-corrected chi connectivity index (χ1v) is 7.75. The van der Waals surface area contributed by atoms with E-state index in [1.807, 2.05) is 68.4 Å². The average Bonchev–Trinajstić information content (AvgIpc) is 2.91. The maximum absolute atomic E-state index is 12.7. The third-order valence-corrected chi connectivity index (χ3v) is 4.07. The number of hydrogen-bond donors (Lipinski definition) is 2. The van der Waals surface area contributed by atoms with Gasteiger partial charge in [0.15, 0.2) is 0 Å². The second-order valence-electron chi connectivity index (χ2n) is 5.90. The number of aryl methyl sites for hydroxylation is 1. The predicted molar refractivity (Wildman–Crippen MR) is 98.3 cm³/mol. The van der Waals surface area contributed by atoms with Crippen molar-refractivity contribution in [1.29, 1.82) is 0 Å². The summed E-state index contributed by atoms with van der Waals surface area (Å²) in [4.78, 5) is 18.0. The normalized spacial score (nSPS) is 10.7. The topological polar surface area (TPSA) is 57.4 Å². The lowest BCUT2D eigenvalue weighted by Crippen LogP contribution is -2.13. The Morgan fingerprint density at radius 1 is 1.12 bits per heavy atom. The van der Waals surface area contributed by atoms with E-state index in [-0.39, 0.29) is 5.91 Å². The van der Waals surface area contributed by atoms with Gasteiger partial charge in [0.05, 0.1) is 18.2 Å². The zero-order valence-corrected chi connectivity index (χ0v) is 14.3. The third kappa shape index (κ3) is 2.80. The number of fused-ring (bicyclic) bond motifs is 1. The molecule has 0 radical (unpaired) electrons. The second-order valence-corrected chi connectivity index (χ2v) is 5.90. The van der Waals surface area contributed by atoms with Gasteiger partial charge in [0, 0.05) is 36.6 Å². The summed E-state index contributed by atoms with van der Waals surface area (Å²) in [7, 11) is 5.59. The quantitative estimate of drug-likeness (QED) is 0.768. The Morgan fingerprint density at radius 2 is 1.83 bits per heavy atom. The number of benzene rings is 2. The predicted octanol–water partition coefficient (Wildman–Crippen LogP) is 3.80. The van der Waals surface area contributed by atoms with Crippen molar-refractivity contribution in [3.8, 4) is 5.75 Å². The minimum atomic E-state index is -0.135. The lowest BCUT2D eigenvalue weighted by Gasteiger charge is -2.13. The molecule has 5 nitrogen and oxygen atoms in total. The molecule has 3 rings (SSSR count). The summed E-state index contributed by atoms with van der Waals surface area (Å²) in [5.41, 5.74) is 4.14. The zero-order valence-electron chi connectivity index (χ0n) is 14.3. The number of ether oxygens (including phenoxy) is 1. The highest BCUT2D eigenvalue weighted by molar-refractivity contribution is 6.14.